The number of hydrogen-bond acceptors (Lipinski definition) is 5. The van der Waals surface area contributed by atoms with Gasteiger partial charge in [0.2, 0.25) is 5.79 Å². The quantitative estimate of drug-likeness (QED) is 0.368. The van der Waals surface area contributed by atoms with Crippen LogP contribution in [0.25, 0.3) is 0 Å². The normalized spacial score (nSPS) is 49.2. The Balaban J connectivity index is 2.71. The van der Waals surface area contributed by atoms with E-state index in [-0.39, 0.29) is 0 Å². The molecular formula is C6H11FO5. The molecule has 0 radical (unpaired) electrons. The number of aliphatic hydroxyl groups is 4. The third-order valence-corrected chi connectivity index (χ3v) is 1.86. The Morgan fingerprint density at radius 2 is 2.08 bits per heavy atom. The molecule has 1 rings (SSSR count). The molecular weight excluding hydrogens is 171 g/mol. The summed E-state index contributed by atoms with van der Waals surface area (Å²) >= 11 is 0. The van der Waals surface area contributed by atoms with Crippen LogP contribution in [-0.4, -0.2) is 57.8 Å². The Hall–Kier alpha value is -0.270. The van der Waals surface area contributed by atoms with E-state index in [1.807, 2.05) is 0 Å². The molecule has 1 heterocycles. The molecule has 72 valence electrons. The molecule has 0 aliphatic carbocycles. The molecule has 0 bridgehead atoms. The van der Waals surface area contributed by atoms with Crippen molar-refractivity contribution in [2.75, 3.05) is 13.2 Å². The number of ether oxygens (including phenoxy) is 1. The lowest BCUT2D eigenvalue weighted by molar-refractivity contribution is -0.322. The molecule has 0 aromatic rings. The summed E-state index contributed by atoms with van der Waals surface area (Å²) < 4.78 is 17.3. The first-order valence-corrected chi connectivity index (χ1v) is 3.48. The van der Waals surface area contributed by atoms with Crippen LogP contribution >= 0.6 is 0 Å². The van der Waals surface area contributed by atoms with Crippen molar-refractivity contribution >= 4 is 0 Å². The SMILES string of the molecule is OCC1(O)OCC(O)C(F)C1O. The fourth-order valence-corrected chi connectivity index (χ4v) is 1.01. The van der Waals surface area contributed by atoms with Gasteiger partial charge in [-0.25, -0.2) is 4.39 Å². The monoisotopic (exact) mass is 182 g/mol. The van der Waals surface area contributed by atoms with E-state index in [0.717, 1.165) is 0 Å². The summed E-state index contributed by atoms with van der Waals surface area (Å²) in [6.07, 6.45) is -5.39. The van der Waals surface area contributed by atoms with E-state index in [0.29, 0.717) is 0 Å². The molecule has 4 atom stereocenters. The van der Waals surface area contributed by atoms with Gasteiger partial charge in [0.05, 0.1) is 13.2 Å². The highest BCUT2D eigenvalue weighted by Gasteiger charge is 2.49. The smallest absolute Gasteiger partial charge is 0.219 e. The number of hydrogen-bond donors (Lipinski definition) is 4. The van der Waals surface area contributed by atoms with Crippen LogP contribution in [0.1, 0.15) is 0 Å². The minimum atomic E-state index is -2.29. The van der Waals surface area contributed by atoms with E-state index < -0.39 is 37.4 Å². The third kappa shape index (κ3) is 1.44. The van der Waals surface area contributed by atoms with Crippen LogP contribution in [0.2, 0.25) is 0 Å². The lowest BCUT2D eigenvalue weighted by atomic mass is 9.99. The number of rotatable bonds is 1. The van der Waals surface area contributed by atoms with Crippen LogP contribution in [-0.2, 0) is 4.74 Å². The largest absolute Gasteiger partial charge is 0.391 e. The molecule has 12 heavy (non-hydrogen) atoms. The van der Waals surface area contributed by atoms with Gasteiger partial charge in [-0.05, 0) is 0 Å². The van der Waals surface area contributed by atoms with E-state index in [4.69, 9.17) is 20.4 Å². The van der Waals surface area contributed by atoms with Gasteiger partial charge in [0.25, 0.3) is 0 Å². The van der Waals surface area contributed by atoms with Gasteiger partial charge in [0.15, 0.2) is 6.17 Å². The van der Waals surface area contributed by atoms with Gasteiger partial charge < -0.3 is 25.2 Å². The molecule has 1 fully saturated rings. The highest BCUT2D eigenvalue weighted by molar-refractivity contribution is 4.91. The molecule has 5 nitrogen and oxygen atoms in total. The Morgan fingerprint density at radius 1 is 1.50 bits per heavy atom. The van der Waals surface area contributed by atoms with E-state index >= 15 is 0 Å². The highest BCUT2D eigenvalue weighted by atomic mass is 19.1. The fourth-order valence-electron chi connectivity index (χ4n) is 1.01. The Bertz CT molecular complexity index is 166. The van der Waals surface area contributed by atoms with E-state index in [2.05, 4.69) is 4.74 Å². The molecule has 4 unspecified atom stereocenters. The van der Waals surface area contributed by atoms with Crippen molar-refractivity contribution in [3.8, 4) is 0 Å². The molecule has 1 aliphatic heterocycles. The first kappa shape index (κ1) is 9.82. The highest BCUT2D eigenvalue weighted by Crippen LogP contribution is 2.25. The van der Waals surface area contributed by atoms with Crippen LogP contribution in [0.5, 0.6) is 0 Å². The Morgan fingerprint density at radius 3 is 2.58 bits per heavy atom. The predicted octanol–water partition coefficient (Wildman–Crippen LogP) is -2.24. The number of aliphatic hydroxyl groups excluding tert-OH is 3. The van der Waals surface area contributed by atoms with Crippen LogP contribution in [0, 0.1) is 0 Å². The zero-order valence-corrected chi connectivity index (χ0v) is 6.22. The van der Waals surface area contributed by atoms with Crippen molar-refractivity contribution in [3.05, 3.63) is 0 Å². The molecule has 0 saturated carbocycles. The average Bonchev–Trinajstić information content (AvgIpc) is 2.09. The van der Waals surface area contributed by atoms with Crippen molar-refractivity contribution in [3.63, 3.8) is 0 Å². The van der Waals surface area contributed by atoms with Crippen molar-refractivity contribution in [2.24, 2.45) is 0 Å². The summed E-state index contributed by atoms with van der Waals surface area (Å²) in [4.78, 5) is 0. The van der Waals surface area contributed by atoms with Crippen molar-refractivity contribution in [1.29, 1.82) is 0 Å². The summed E-state index contributed by atoms with van der Waals surface area (Å²) in [7, 11) is 0. The first-order valence-electron chi connectivity index (χ1n) is 3.48. The Labute approximate surface area is 68.0 Å². The average molecular weight is 182 g/mol. The van der Waals surface area contributed by atoms with Gasteiger partial charge in [0, 0.05) is 0 Å². The predicted molar refractivity (Wildman–Crippen MR) is 34.9 cm³/mol. The van der Waals surface area contributed by atoms with Crippen LogP contribution in [0.3, 0.4) is 0 Å². The molecule has 1 aliphatic rings. The van der Waals surface area contributed by atoms with Crippen LogP contribution < -0.4 is 0 Å². The van der Waals surface area contributed by atoms with Crippen molar-refractivity contribution in [1.82, 2.24) is 0 Å². The van der Waals surface area contributed by atoms with Gasteiger partial charge in [-0.2, -0.15) is 0 Å². The maximum atomic E-state index is 12.8. The second-order valence-corrected chi connectivity index (χ2v) is 2.77. The van der Waals surface area contributed by atoms with Crippen molar-refractivity contribution < 1.29 is 29.6 Å². The molecule has 6 heteroatoms. The van der Waals surface area contributed by atoms with Gasteiger partial charge in [-0.3, -0.25) is 0 Å². The first-order chi connectivity index (χ1) is 5.51. The molecule has 0 aromatic heterocycles. The van der Waals surface area contributed by atoms with E-state index in [1.54, 1.807) is 0 Å². The van der Waals surface area contributed by atoms with Gasteiger partial charge in [-0.1, -0.05) is 0 Å². The topological polar surface area (TPSA) is 90.2 Å². The standard InChI is InChI=1S/C6H11FO5/c7-4-3(9)1-12-6(11,2-8)5(4)10/h3-5,8-11H,1-2H2. The Kier molecular flexibility index (Phi) is 2.64. The summed E-state index contributed by atoms with van der Waals surface area (Å²) in [6.45, 7) is -1.36. The maximum Gasteiger partial charge on any atom is 0.219 e. The number of alkyl halides is 1. The summed E-state index contributed by atoms with van der Waals surface area (Å²) in [5.41, 5.74) is 0. The van der Waals surface area contributed by atoms with Crippen LogP contribution in [0.4, 0.5) is 4.39 Å². The van der Waals surface area contributed by atoms with E-state index in [1.165, 1.54) is 0 Å². The van der Waals surface area contributed by atoms with Gasteiger partial charge in [-0.15, -0.1) is 0 Å². The molecule has 4 N–H and O–H groups in total. The summed E-state index contributed by atoms with van der Waals surface area (Å²) in [5, 5.41) is 35.5. The molecule has 0 aromatic carbocycles. The van der Waals surface area contributed by atoms with Gasteiger partial charge in [0.1, 0.15) is 12.2 Å². The molecule has 0 spiro atoms. The zero-order chi connectivity index (χ0) is 9.35. The van der Waals surface area contributed by atoms with Gasteiger partial charge >= 0.3 is 0 Å². The maximum absolute atomic E-state index is 12.8. The fraction of sp³-hybridized carbons (Fsp3) is 1.00. The minimum Gasteiger partial charge on any atom is -0.391 e. The van der Waals surface area contributed by atoms with Crippen molar-refractivity contribution in [2.45, 2.75) is 24.2 Å². The molecule has 1 saturated heterocycles. The lowest BCUT2D eigenvalue weighted by Crippen LogP contribution is -2.61. The zero-order valence-electron chi connectivity index (χ0n) is 6.22. The third-order valence-electron chi connectivity index (χ3n) is 1.86. The second kappa shape index (κ2) is 3.23. The summed E-state index contributed by atoms with van der Waals surface area (Å²) in [5.74, 6) is -2.29. The van der Waals surface area contributed by atoms with Crippen LogP contribution in [0.15, 0.2) is 0 Å². The molecule has 0 amide bonds. The summed E-state index contributed by atoms with van der Waals surface area (Å²) in [6, 6.07) is 0. The number of halogens is 1. The second-order valence-electron chi connectivity index (χ2n) is 2.77. The lowest BCUT2D eigenvalue weighted by Gasteiger charge is -2.39. The van der Waals surface area contributed by atoms with E-state index in [9.17, 15) is 4.39 Å². The minimum absolute atomic E-state index is 0.449.